The van der Waals surface area contributed by atoms with Crippen molar-refractivity contribution in [2.45, 2.75) is 18.6 Å². The number of aliphatic hydroxyl groups excluding tert-OH is 2. The molecule has 0 radical (unpaired) electrons. The lowest BCUT2D eigenvalue weighted by Gasteiger charge is -2.15. The van der Waals surface area contributed by atoms with Crippen LogP contribution in [0.25, 0.3) is 0 Å². The van der Waals surface area contributed by atoms with Gasteiger partial charge in [0.25, 0.3) is 0 Å². The molecule has 0 aliphatic rings. The molecule has 0 aliphatic heterocycles. The van der Waals surface area contributed by atoms with Gasteiger partial charge in [-0.15, -0.1) is 0 Å². The highest BCUT2D eigenvalue weighted by atomic mass is 31.2. The smallest absolute Gasteiger partial charge is 0.325 e. The van der Waals surface area contributed by atoms with E-state index in [9.17, 15) is 14.8 Å². The monoisotopic (exact) mass is 237 g/mol. The second-order valence-electron chi connectivity index (χ2n) is 3.06. The molecule has 1 heterocycles. The van der Waals surface area contributed by atoms with Gasteiger partial charge < -0.3 is 20.0 Å². The Balaban J connectivity index is 2.47. The van der Waals surface area contributed by atoms with Gasteiger partial charge in [-0.2, -0.15) is 5.10 Å². The third-order valence-electron chi connectivity index (χ3n) is 1.79. The first kappa shape index (κ1) is 12.3. The van der Waals surface area contributed by atoms with E-state index >= 15 is 0 Å². The van der Waals surface area contributed by atoms with Crippen LogP contribution in [0.5, 0.6) is 0 Å². The highest BCUT2D eigenvalue weighted by molar-refractivity contribution is 7.51. The van der Waals surface area contributed by atoms with E-state index in [-0.39, 0.29) is 12.2 Å². The lowest BCUT2D eigenvalue weighted by molar-refractivity contribution is 0.0112. The number of nitrogens with one attached hydrogen (secondary N) is 1. The van der Waals surface area contributed by atoms with Gasteiger partial charge in [-0.05, 0) is 6.42 Å². The summed E-state index contributed by atoms with van der Waals surface area (Å²) < 4.78 is 10.5. The van der Waals surface area contributed by atoms with Crippen LogP contribution in [0.1, 0.15) is 18.3 Å². The maximum atomic E-state index is 10.5. The zero-order chi connectivity index (χ0) is 11.5. The molecule has 1 rings (SSSR count). The van der Waals surface area contributed by atoms with E-state index < -0.39 is 26.0 Å². The summed E-state index contributed by atoms with van der Waals surface area (Å²) in [7, 11) is -4.15. The Bertz CT molecular complexity index is 337. The van der Waals surface area contributed by atoms with Gasteiger partial charge in [0.1, 0.15) is 12.4 Å². The van der Waals surface area contributed by atoms with Crippen molar-refractivity contribution in [1.82, 2.24) is 15.2 Å². The van der Waals surface area contributed by atoms with Gasteiger partial charge in [0, 0.05) is 0 Å². The normalized spacial score (nSPS) is 16.3. The lowest BCUT2D eigenvalue weighted by atomic mass is 10.1. The number of aromatic amines is 1. The Hall–Kier alpha value is -0.790. The molecular formula is C6H12N3O5P. The SMILES string of the molecule is O=P(O)(O)CC[C@H](O)[C@@H](O)c1ncn[nH]1. The number of hydrogen-bond acceptors (Lipinski definition) is 5. The van der Waals surface area contributed by atoms with E-state index in [1.54, 1.807) is 0 Å². The van der Waals surface area contributed by atoms with Crippen molar-refractivity contribution in [3.05, 3.63) is 12.2 Å². The third-order valence-corrected chi connectivity index (χ3v) is 2.64. The molecule has 1 aromatic heterocycles. The van der Waals surface area contributed by atoms with Crippen molar-refractivity contribution >= 4 is 7.60 Å². The molecule has 0 saturated heterocycles. The van der Waals surface area contributed by atoms with E-state index in [1.165, 1.54) is 0 Å². The maximum Gasteiger partial charge on any atom is 0.325 e. The van der Waals surface area contributed by atoms with Gasteiger partial charge in [0.05, 0.1) is 12.3 Å². The zero-order valence-corrected chi connectivity index (χ0v) is 8.58. The second kappa shape index (κ2) is 4.82. The zero-order valence-electron chi connectivity index (χ0n) is 7.69. The lowest BCUT2D eigenvalue weighted by Crippen LogP contribution is -2.20. The van der Waals surface area contributed by atoms with Gasteiger partial charge in [0.15, 0.2) is 5.82 Å². The van der Waals surface area contributed by atoms with Gasteiger partial charge in [0.2, 0.25) is 0 Å². The molecule has 2 atom stereocenters. The van der Waals surface area contributed by atoms with E-state index in [1.807, 2.05) is 0 Å². The summed E-state index contributed by atoms with van der Waals surface area (Å²) in [5.74, 6) is 0.0632. The minimum absolute atomic E-state index is 0.0632. The topological polar surface area (TPSA) is 140 Å². The van der Waals surface area contributed by atoms with Gasteiger partial charge in [-0.1, -0.05) is 0 Å². The Morgan fingerprint density at radius 3 is 2.60 bits per heavy atom. The summed E-state index contributed by atoms with van der Waals surface area (Å²) >= 11 is 0. The van der Waals surface area contributed by atoms with Crippen LogP contribution in [0.3, 0.4) is 0 Å². The van der Waals surface area contributed by atoms with Crippen LogP contribution in [0.15, 0.2) is 6.33 Å². The summed E-state index contributed by atoms with van der Waals surface area (Å²) in [5, 5.41) is 24.6. The largest absolute Gasteiger partial charge is 0.390 e. The Morgan fingerprint density at radius 1 is 1.47 bits per heavy atom. The number of H-pyrrole nitrogens is 1. The van der Waals surface area contributed by atoms with Crippen molar-refractivity contribution < 1.29 is 24.6 Å². The predicted octanol–water partition coefficient (Wildman–Crippen LogP) is -1.23. The molecule has 8 nitrogen and oxygen atoms in total. The van der Waals surface area contributed by atoms with Crippen molar-refractivity contribution in [1.29, 1.82) is 0 Å². The van der Waals surface area contributed by atoms with Crippen LogP contribution in [-0.4, -0.2) is 47.4 Å². The van der Waals surface area contributed by atoms with E-state index in [0.717, 1.165) is 6.33 Å². The maximum absolute atomic E-state index is 10.5. The summed E-state index contributed by atoms with van der Waals surface area (Å²) in [6.45, 7) is 0. The molecule has 0 amide bonds. The van der Waals surface area contributed by atoms with Crippen molar-refractivity contribution in [2.24, 2.45) is 0 Å². The molecule has 0 unspecified atom stereocenters. The minimum Gasteiger partial charge on any atom is -0.390 e. The van der Waals surface area contributed by atoms with Crippen LogP contribution in [0, 0.1) is 0 Å². The number of hydrogen-bond donors (Lipinski definition) is 5. The first-order valence-electron chi connectivity index (χ1n) is 4.16. The Kier molecular flexibility index (Phi) is 3.95. The number of aliphatic hydroxyl groups is 2. The van der Waals surface area contributed by atoms with Gasteiger partial charge in [-0.25, -0.2) is 4.98 Å². The molecule has 15 heavy (non-hydrogen) atoms. The molecule has 0 spiro atoms. The number of rotatable bonds is 5. The minimum atomic E-state index is -4.15. The average Bonchev–Trinajstić information content (AvgIpc) is 2.64. The van der Waals surface area contributed by atoms with Crippen LogP contribution in [0.2, 0.25) is 0 Å². The summed E-state index contributed by atoms with van der Waals surface area (Å²) in [5.41, 5.74) is 0. The molecule has 0 bridgehead atoms. The summed E-state index contributed by atoms with van der Waals surface area (Å²) in [4.78, 5) is 20.7. The fraction of sp³-hybridized carbons (Fsp3) is 0.667. The highest BCUT2D eigenvalue weighted by Crippen LogP contribution is 2.36. The molecule has 9 heteroatoms. The molecule has 0 saturated carbocycles. The molecule has 1 aromatic rings. The fourth-order valence-corrected chi connectivity index (χ4v) is 1.60. The molecule has 0 aliphatic carbocycles. The molecule has 0 aromatic carbocycles. The summed E-state index contributed by atoms with van der Waals surface area (Å²) in [6.07, 6.45) is -2.15. The van der Waals surface area contributed by atoms with E-state index in [0.29, 0.717) is 0 Å². The van der Waals surface area contributed by atoms with Crippen molar-refractivity contribution in [3.8, 4) is 0 Å². The average molecular weight is 237 g/mol. The van der Waals surface area contributed by atoms with Gasteiger partial charge in [-0.3, -0.25) is 9.66 Å². The number of aromatic nitrogens is 3. The van der Waals surface area contributed by atoms with Crippen LogP contribution in [-0.2, 0) is 4.57 Å². The third kappa shape index (κ3) is 4.06. The highest BCUT2D eigenvalue weighted by Gasteiger charge is 2.24. The van der Waals surface area contributed by atoms with E-state index in [4.69, 9.17) is 9.79 Å². The van der Waals surface area contributed by atoms with Crippen LogP contribution >= 0.6 is 7.60 Å². The Labute approximate surface area is 85.1 Å². The van der Waals surface area contributed by atoms with Crippen LogP contribution in [0.4, 0.5) is 0 Å². The standard InChI is InChI=1S/C6H12N3O5P/c10-4(1-2-15(12,13)14)5(11)6-7-3-8-9-6/h3-5,10-11H,1-2H2,(H,7,8,9)(H2,12,13,14)/t4-,5+/m0/s1. The molecule has 5 N–H and O–H groups in total. The number of nitrogens with zero attached hydrogens (tertiary/aromatic N) is 2. The quantitative estimate of drug-likeness (QED) is 0.404. The molecular weight excluding hydrogens is 225 g/mol. The first-order chi connectivity index (χ1) is 6.90. The second-order valence-corrected chi connectivity index (χ2v) is 4.84. The van der Waals surface area contributed by atoms with E-state index in [2.05, 4.69) is 15.2 Å². The Morgan fingerprint density at radius 2 is 2.13 bits per heavy atom. The van der Waals surface area contributed by atoms with Crippen molar-refractivity contribution in [3.63, 3.8) is 0 Å². The van der Waals surface area contributed by atoms with Gasteiger partial charge >= 0.3 is 7.60 Å². The predicted molar refractivity (Wildman–Crippen MR) is 48.9 cm³/mol. The first-order valence-corrected chi connectivity index (χ1v) is 5.96. The fourth-order valence-electron chi connectivity index (χ4n) is 0.998. The van der Waals surface area contributed by atoms with Crippen molar-refractivity contribution in [2.75, 3.05) is 6.16 Å². The molecule has 0 fully saturated rings. The summed E-state index contributed by atoms with van der Waals surface area (Å²) in [6, 6.07) is 0. The van der Waals surface area contributed by atoms with Crippen LogP contribution < -0.4 is 0 Å². The molecule has 86 valence electrons.